The Balaban J connectivity index is 1.61. The van der Waals surface area contributed by atoms with E-state index in [2.05, 4.69) is 22.8 Å². The molecular formula is C17H26N2O3. The van der Waals surface area contributed by atoms with Crippen LogP contribution >= 0.6 is 0 Å². The molecule has 2 rings (SSSR count). The predicted molar refractivity (Wildman–Crippen MR) is 86.5 cm³/mol. The van der Waals surface area contributed by atoms with Gasteiger partial charge in [0.15, 0.2) is 0 Å². The van der Waals surface area contributed by atoms with Gasteiger partial charge in [-0.25, -0.2) is 4.79 Å². The number of ether oxygens (including phenoxy) is 2. The molecule has 2 N–H and O–H groups in total. The van der Waals surface area contributed by atoms with E-state index < -0.39 is 0 Å². The molecule has 0 unspecified atom stereocenters. The molecule has 0 radical (unpaired) electrons. The number of carbonyl (C=O) groups is 1. The van der Waals surface area contributed by atoms with Gasteiger partial charge in [-0.3, -0.25) is 0 Å². The third kappa shape index (κ3) is 5.56. The highest BCUT2D eigenvalue weighted by atomic mass is 16.5. The summed E-state index contributed by atoms with van der Waals surface area (Å²) in [6, 6.07) is 6.17. The third-order valence-corrected chi connectivity index (χ3v) is 3.79. The lowest BCUT2D eigenvalue weighted by Gasteiger charge is -2.17. The lowest BCUT2D eigenvalue weighted by molar-refractivity contribution is 0.193. The van der Waals surface area contributed by atoms with Crippen LogP contribution in [0.4, 0.5) is 4.79 Å². The topological polar surface area (TPSA) is 59.6 Å². The van der Waals surface area contributed by atoms with E-state index >= 15 is 0 Å². The highest BCUT2D eigenvalue weighted by Crippen LogP contribution is 2.25. The number of hydrogen-bond acceptors (Lipinski definition) is 3. The summed E-state index contributed by atoms with van der Waals surface area (Å²) in [5, 5.41) is 5.55. The molecular weight excluding hydrogens is 280 g/mol. The van der Waals surface area contributed by atoms with Crippen molar-refractivity contribution in [3.05, 3.63) is 29.3 Å². The molecule has 0 aliphatic heterocycles. The van der Waals surface area contributed by atoms with Crippen LogP contribution in [-0.2, 0) is 17.6 Å². The maximum atomic E-state index is 11.5. The van der Waals surface area contributed by atoms with Crippen LogP contribution in [0.5, 0.6) is 5.75 Å². The smallest absolute Gasteiger partial charge is 0.314 e. The molecule has 1 aromatic rings. The van der Waals surface area contributed by atoms with E-state index in [1.807, 2.05) is 6.07 Å². The lowest BCUT2D eigenvalue weighted by Crippen LogP contribution is -2.38. The molecule has 5 heteroatoms. The number of amides is 2. The average molecular weight is 306 g/mol. The van der Waals surface area contributed by atoms with Crippen molar-refractivity contribution in [2.24, 2.45) is 0 Å². The van der Waals surface area contributed by atoms with Gasteiger partial charge in [0.1, 0.15) is 12.4 Å². The van der Waals surface area contributed by atoms with Crippen molar-refractivity contribution in [2.75, 3.05) is 33.4 Å². The van der Waals surface area contributed by atoms with Gasteiger partial charge in [-0.15, -0.1) is 0 Å². The van der Waals surface area contributed by atoms with E-state index in [1.54, 1.807) is 7.11 Å². The zero-order valence-electron chi connectivity index (χ0n) is 13.3. The van der Waals surface area contributed by atoms with Crippen LogP contribution in [0.25, 0.3) is 0 Å². The van der Waals surface area contributed by atoms with Gasteiger partial charge in [-0.05, 0) is 55.4 Å². The molecule has 0 aromatic heterocycles. The van der Waals surface area contributed by atoms with Gasteiger partial charge in [-0.2, -0.15) is 0 Å². The average Bonchev–Trinajstić information content (AvgIpc) is 2.55. The second-order valence-electron chi connectivity index (χ2n) is 5.52. The number of methoxy groups -OCH3 is 1. The van der Waals surface area contributed by atoms with Gasteiger partial charge in [0.25, 0.3) is 0 Å². The molecule has 2 amide bonds. The molecule has 5 nitrogen and oxygen atoms in total. The Hall–Kier alpha value is -1.75. The van der Waals surface area contributed by atoms with Crippen molar-refractivity contribution in [1.82, 2.24) is 10.6 Å². The van der Waals surface area contributed by atoms with Crippen molar-refractivity contribution < 1.29 is 14.3 Å². The summed E-state index contributed by atoms with van der Waals surface area (Å²) in [5.41, 5.74) is 2.86. The van der Waals surface area contributed by atoms with Crippen LogP contribution in [-0.4, -0.2) is 39.4 Å². The SMILES string of the molecule is COCCCNC(=O)NCCOc1ccc2c(c1)CCCC2. The van der Waals surface area contributed by atoms with E-state index in [0.29, 0.717) is 26.3 Å². The Labute approximate surface area is 132 Å². The van der Waals surface area contributed by atoms with Crippen LogP contribution < -0.4 is 15.4 Å². The zero-order valence-corrected chi connectivity index (χ0v) is 13.3. The number of nitrogens with one attached hydrogen (secondary N) is 2. The first-order valence-corrected chi connectivity index (χ1v) is 8.05. The molecule has 1 aromatic carbocycles. The molecule has 0 bridgehead atoms. The largest absolute Gasteiger partial charge is 0.492 e. The number of fused-ring (bicyclic) bond motifs is 1. The predicted octanol–water partition coefficient (Wildman–Crippen LogP) is 2.28. The second-order valence-corrected chi connectivity index (χ2v) is 5.52. The third-order valence-electron chi connectivity index (χ3n) is 3.79. The minimum atomic E-state index is -0.162. The van der Waals surface area contributed by atoms with Crippen LogP contribution in [0.15, 0.2) is 18.2 Å². The summed E-state index contributed by atoms with van der Waals surface area (Å²) in [4.78, 5) is 11.5. The van der Waals surface area contributed by atoms with E-state index in [4.69, 9.17) is 9.47 Å². The van der Waals surface area contributed by atoms with Crippen molar-refractivity contribution in [3.8, 4) is 5.75 Å². The fourth-order valence-corrected chi connectivity index (χ4v) is 2.61. The Morgan fingerprint density at radius 2 is 1.86 bits per heavy atom. The molecule has 0 heterocycles. The van der Waals surface area contributed by atoms with Crippen molar-refractivity contribution in [1.29, 1.82) is 0 Å². The summed E-state index contributed by atoms with van der Waals surface area (Å²) in [7, 11) is 1.65. The molecule has 0 spiro atoms. The van der Waals surface area contributed by atoms with E-state index in [-0.39, 0.29) is 6.03 Å². The van der Waals surface area contributed by atoms with Gasteiger partial charge in [0, 0.05) is 20.3 Å². The molecule has 0 saturated carbocycles. The normalized spacial score (nSPS) is 13.3. The monoisotopic (exact) mass is 306 g/mol. The molecule has 1 aliphatic carbocycles. The van der Waals surface area contributed by atoms with Crippen LogP contribution in [0, 0.1) is 0 Å². The highest BCUT2D eigenvalue weighted by molar-refractivity contribution is 5.73. The summed E-state index contributed by atoms with van der Waals surface area (Å²) < 4.78 is 10.6. The number of aryl methyl sites for hydroxylation is 2. The number of benzene rings is 1. The summed E-state index contributed by atoms with van der Waals surface area (Å²) >= 11 is 0. The standard InChI is InChI=1S/C17H26N2O3/c1-21-11-4-9-18-17(20)19-10-12-22-16-8-7-14-5-2-3-6-15(14)13-16/h7-8,13H,2-6,9-12H2,1H3,(H2,18,19,20). The Kier molecular flexibility index (Phi) is 7.03. The van der Waals surface area contributed by atoms with Crippen molar-refractivity contribution in [3.63, 3.8) is 0 Å². The second kappa shape index (κ2) is 9.30. The van der Waals surface area contributed by atoms with E-state index in [9.17, 15) is 4.79 Å². The number of hydrogen-bond donors (Lipinski definition) is 2. The minimum absolute atomic E-state index is 0.162. The van der Waals surface area contributed by atoms with Crippen molar-refractivity contribution in [2.45, 2.75) is 32.1 Å². The van der Waals surface area contributed by atoms with Gasteiger partial charge in [0.05, 0.1) is 6.54 Å². The first kappa shape index (κ1) is 16.6. The first-order chi connectivity index (χ1) is 10.8. The Bertz CT molecular complexity index is 477. The van der Waals surface area contributed by atoms with Crippen LogP contribution in [0.3, 0.4) is 0 Å². The van der Waals surface area contributed by atoms with Gasteiger partial charge < -0.3 is 20.1 Å². The quantitative estimate of drug-likeness (QED) is 0.724. The maximum Gasteiger partial charge on any atom is 0.314 e. The van der Waals surface area contributed by atoms with Crippen LogP contribution in [0.1, 0.15) is 30.4 Å². The number of urea groups is 1. The van der Waals surface area contributed by atoms with E-state index in [0.717, 1.165) is 18.6 Å². The molecule has 22 heavy (non-hydrogen) atoms. The van der Waals surface area contributed by atoms with Gasteiger partial charge in [-0.1, -0.05) is 6.07 Å². The fraction of sp³-hybridized carbons (Fsp3) is 0.588. The summed E-state index contributed by atoms with van der Waals surface area (Å²) in [6.45, 7) is 2.24. The van der Waals surface area contributed by atoms with Gasteiger partial charge in [0.2, 0.25) is 0 Å². The molecule has 0 saturated heterocycles. The van der Waals surface area contributed by atoms with Crippen molar-refractivity contribution >= 4 is 6.03 Å². The maximum absolute atomic E-state index is 11.5. The van der Waals surface area contributed by atoms with Crippen LogP contribution in [0.2, 0.25) is 0 Å². The number of rotatable bonds is 8. The van der Waals surface area contributed by atoms with Gasteiger partial charge >= 0.3 is 6.03 Å². The fourth-order valence-electron chi connectivity index (χ4n) is 2.61. The minimum Gasteiger partial charge on any atom is -0.492 e. The van der Waals surface area contributed by atoms with E-state index in [1.165, 1.54) is 30.4 Å². The summed E-state index contributed by atoms with van der Waals surface area (Å²) in [6.07, 6.45) is 5.70. The first-order valence-electron chi connectivity index (χ1n) is 8.05. The lowest BCUT2D eigenvalue weighted by atomic mass is 9.92. The Morgan fingerprint density at radius 3 is 2.68 bits per heavy atom. The molecule has 0 atom stereocenters. The zero-order chi connectivity index (χ0) is 15.6. The number of carbonyl (C=O) groups excluding carboxylic acids is 1. The highest BCUT2D eigenvalue weighted by Gasteiger charge is 2.09. The molecule has 1 aliphatic rings. The Morgan fingerprint density at radius 1 is 1.09 bits per heavy atom. The molecule has 122 valence electrons. The summed E-state index contributed by atoms with van der Waals surface area (Å²) in [5.74, 6) is 0.892. The molecule has 0 fully saturated rings.